The van der Waals surface area contributed by atoms with E-state index < -0.39 is 5.60 Å². The molecule has 0 aromatic rings. The maximum atomic E-state index is 10.5. The summed E-state index contributed by atoms with van der Waals surface area (Å²) < 4.78 is 0. The summed E-state index contributed by atoms with van der Waals surface area (Å²) in [7, 11) is 0. The number of rotatable bonds is 2. The molecule has 0 aliphatic heterocycles. The first-order chi connectivity index (χ1) is 5.57. The van der Waals surface area contributed by atoms with E-state index in [1.165, 1.54) is 0 Å². The Morgan fingerprint density at radius 2 is 1.92 bits per heavy atom. The van der Waals surface area contributed by atoms with Crippen molar-refractivity contribution >= 4 is 6.29 Å². The van der Waals surface area contributed by atoms with Gasteiger partial charge in [0.2, 0.25) is 0 Å². The first-order valence-electron chi connectivity index (χ1n) is 4.76. The maximum absolute atomic E-state index is 10.5. The van der Waals surface area contributed by atoms with Crippen LogP contribution < -0.4 is 0 Å². The van der Waals surface area contributed by atoms with Crippen LogP contribution >= 0.6 is 0 Å². The highest BCUT2D eigenvalue weighted by atomic mass is 16.3. The first-order valence-corrected chi connectivity index (χ1v) is 4.76. The van der Waals surface area contributed by atoms with Gasteiger partial charge in [0.1, 0.15) is 5.60 Å². The van der Waals surface area contributed by atoms with E-state index in [-0.39, 0.29) is 0 Å². The summed E-state index contributed by atoms with van der Waals surface area (Å²) in [5, 5.41) is 9.61. The lowest BCUT2D eigenvalue weighted by atomic mass is 9.75. The Labute approximate surface area is 74.0 Å². The molecule has 1 aliphatic rings. The second kappa shape index (κ2) is 3.56. The van der Waals surface area contributed by atoms with Gasteiger partial charge in [-0.1, -0.05) is 13.8 Å². The SMILES string of the molecule is CC(C)C1CCC(O)(C=O)CC1. The second-order valence-electron chi connectivity index (χ2n) is 4.30. The summed E-state index contributed by atoms with van der Waals surface area (Å²) in [5.41, 5.74) is -0.995. The lowest BCUT2D eigenvalue weighted by molar-refractivity contribution is -0.128. The van der Waals surface area contributed by atoms with Crippen molar-refractivity contribution in [3.05, 3.63) is 0 Å². The minimum Gasteiger partial charge on any atom is -0.382 e. The van der Waals surface area contributed by atoms with Crippen LogP contribution in [0.25, 0.3) is 0 Å². The van der Waals surface area contributed by atoms with Crippen LogP contribution in [-0.2, 0) is 4.79 Å². The Morgan fingerprint density at radius 3 is 2.25 bits per heavy atom. The van der Waals surface area contributed by atoms with Crippen molar-refractivity contribution < 1.29 is 9.90 Å². The topological polar surface area (TPSA) is 37.3 Å². The third kappa shape index (κ3) is 2.07. The zero-order chi connectivity index (χ0) is 9.19. The predicted molar refractivity (Wildman–Crippen MR) is 47.8 cm³/mol. The van der Waals surface area contributed by atoms with E-state index in [0.29, 0.717) is 31.0 Å². The van der Waals surface area contributed by atoms with E-state index in [0.717, 1.165) is 12.8 Å². The van der Waals surface area contributed by atoms with Crippen LogP contribution in [0.5, 0.6) is 0 Å². The highest BCUT2D eigenvalue weighted by molar-refractivity contribution is 5.62. The van der Waals surface area contributed by atoms with Crippen LogP contribution in [0.2, 0.25) is 0 Å². The Hall–Kier alpha value is -0.370. The van der Waals surface area contributed by atoms with Gasteiger partial charge < -0.3 is 9.90 Å². The smallest absolute Gasteiger partial charge is 0.151 e. The molecule has 1 fully saturated rings. The largest absolute Gasteiger partial charge is 0.382 e. The summed E-state index contributed by atoms with van der Waals surface area (Å²) in [6, 6.07) is 0. The van der Waals surface area contributed by atoms with E-state index in [1.54, 1.807) is 0 Å². The molecule has 0 aromatic carbocycles. The van der Waals surface area contributed by atoms with E-state index in [1.807, 2.05) is 0 Å². The fourth-order valence-electron chi connectivity index (χ4n) is 1.92. The van der Waals surface area contributed by atoms with Gasteiger partial charge in [-0.2, -0.15) is 0 Å². The Kier molecular flexibility index (Phi) is 2.89. The molecule has 2 nitrogen and oxygen atoms in total. The fraction of sp³-hybridized carbons (Fsp3) is 0.900. The molecule has 0 aromatic heterocycles. The summed E-state index contributed by atoms with van der Waals surface area (Å²) in [5.74, 6) is 1.38. The minimum absolute atomic E-state index is 0.652. The van der Waals surface area contributed by atoms with Crippen LogP contribution in [-0.4, -0.2) is 17.0 Å². The molecule has 0 spiro atoms. The molecular weight excluding hydrogens is 152 g/mol. The molecule has 0 saturated heterocycles. The number of carbonyl (C=O) groups excluding carboxylic acids is 1. The zero-order valence-electron chi connectivity index (χ0n) is 7.92. The van der Waals surface area contributed by atoms with Gasteiger partial charge in [-0.05, 0) is 37.5 Å². The highest BCUT2D eigenvalue weighted by Crippen LogP contribution is 2.34. The first kappa shape index (κ1) is 9.72. The predicted octanol–water partition coefficient (Wildman–Crippen LogP) is 1.76. The average molecular weight is 170 g/mol. The second-order valence-corrected chi connectivity index (χ2v) is 4.30. The summed E-state index contributed by atoms with van der Waals surface area (Å²) >= 11 is 0. The monoisotopic (exact) mass is 170 g/mol. The molecule has 1 N–H and O–H groups in total. The lowest BCUT2D eigenvalue weighted by Gasteiger charge is -2.33. The standard InChI is InChI=1S/C10H18O2/c1-8(2)9-3-5-10(12,7-11)6-4-9/h7-9,12H,3-6H2,1-2H3. The lowest BCUT2D eigenvalue weighted by Crippen LogP contribution is -2.36. The summed E-state index contributed by atoms with van der Waals surface area (Å²) in [6.07, 6.45) is 4.00. The third-order valence-corrected chi connectivity index (χ3v) is 3.06. The molecule has 0 amide bonds. The number of aliphatic hydroxyl groups is 1. The van der Waals surface area contributed by atoms with Crippen LogP contribution in [0.15, 0.2) is 0 Å². The quantitative estimate of drug-likeness (QED) is 0.641. The number of aldehydes is 1. The molecule has 0 heterocycles. The Bertz CT molecular complexity index is 155. The van der Waals surface area contributed by atoms with Gasteiger partial charge in [-0.3, -0.25) is 0 Å². The van der Waals surface area contributed by atoms with Gasteiger partial charge in [-0.15, -0.1) is 0 Å². The van der Waals surface area contributed by atoms with Crippen molar-refractivity contribution in [2.45, 2.75) is 45.1 Å². The number of hydrogen-bond donors (Lipinski definition) is 1. The normalized spacial score (nSPS) is 36.8. The molecule has 2 heteroatoms. The molecule has 70 valence electrons. The van der Waals surface area contributed by atoms with Gasteiger partial charge in [0.15, 0.2) is 6.29 Å². The summed E-state index contributed by atoms with van der Waals surface area (Å²) in [6.45, 7) is 4.41. The average Bonchev–Trinajstić information content (AvgIpc) is 2.05. The third-order valence-electron chi connectivity index (χ3n) is 3.06. The van der Waals surface area contributed by atoms with Gasteiger partial charge in [-0.25, -0.2) is 0 Å². The Balaban J connectivity index is 2.44. The van der Waals surface area contributed by atoms with Crippen molar-refractivity contribution in [3.63, 3.8) is 0 Å². The molecule has 1 rings (SSSR count). The van der Waals surface area contributed by atoms with Crippen molar-refractivity contribution in [1.82, 2.24) is 0 Å². The van der Waals surface area contributed by atoms with Gasteiger partial charge in [0, 0.05) is 0 Å². The number of carbonyl (C=O) groups is 1. The maximum Gasteiger partial charge on any atom is 0.151 e. The molecule has 1 saturated carbocycles. The minimum atomic E-state index is -0.995. The van der Waals surface area contributed by atoms with E-state index in [2.05, 4.69) is 13.8 Å². The molecule has 0 unspecified atom stereocenters. The van der Waals surface area contributed by atoms with Crippen LogP contribution in [0.1, 0.15) is 39.5 Å². The van der Waals surface area contributed by atoms with Crippen LogP contribution in [0, 0.1) is 11.8 Å². The highest BCUT2D eigenvalue weighted by Gasteiger charge is 2.33. The zero-order valence-corrected chi connectivity index (χ0v) is 7.92. The van der Waals surface area contributed by atoms with Crippen molar-refractivity contribution in [1.29, 1.82) is 0 Å². The molecule has 0 bridgehead atoms. The van der Waals surface area contributed by atoms with Crippen molar-refractivity contribution in [3.8, 4) is 0 Å². The van der Waals surface area contributed by atoms with E-state index in [4.69, 9.17) is 0 Å². The molecule has 12 heavy (non-hydrogen) atoms. The molecule has 0 radical (unpaired) electrons. The number of hydrogen-bond acceptors (Lipinski definition) is 2. The van der Waals surface area contributed by atoms with E-state index >= 15 is 0 Å². The van der Waals surface area contributed by atoms with E-state index in [9.17, 15) is 9.90 Å². The van der Waals surface area contributed by atoms with Gasteiger partial charge in [0.05, 0.1) is 0 Å². The van der Waals surface area contributed by atoms with Crippen LogP contribution in [0.4, 0.5) is 0 Å². The Morgan fingerprint density at radius 1 is 1.42 bits per heavy atom. The molecule has 0 atom stereocenters. The molecular formula is C10H18O2. The summed E-state index contributed by atoms with van der Waals surface area (Å²) in [4.78, 5) is 10.5. The molecule has 1 aliphatic carbocycles. The van der Waals surface area contributed by atoms with Gasteiger partial charge >= 0.3 is 0 Å². The van der Waals surface area contributed by atoms with Crippen molar-refractivity contribution in [2.75, 3.05) is 0 Å². The van der Waals surface area contributed by atoms with Crippen molar-refractivity contribution in [2.24, 2.45) is 11.8 Å². The van der Waals surface area contributed by atoms with Gasteiger partial charge in [0.25, 0.3) is 0 Å². The van der Waals surface area contributed by atoms with Crippen LogP contribution in [0.3, 0.4) is 0 Å². The fourth-order valence-corrected chi connectivity index (χ4v) is 1.92.